The first-order chi connectivity index (χ1) is 14.8. The van der Waals surface area contributed by atoms with E-state index in [4.69, 9.17) is 23.2 Å². The van der Waals surface area contributed by atoms with Gasteiger partial charge in [0.25, 0.3) is 11.6 Å². The molecule has 0 radical (unpaired) electrons. The molecule has 174 valence electrons. The van der Waals surface area contributed by atoms with E-state index in [1.807, 2.05) is 13.8 Å². The Bertz CT molecular complexity index is 917. The number of amides is 2. The fraction of sp³-hybridized carbons (Fsp3) is 0.333. The molecule has 32 heavy (non-hydrogen) atoms. The average Bonchev–Trinajstić information content (AvgIpc) is 2.75. The van der Waals surface area contributed by atoms with Gasteiger partial charge in [0.05, 0.1) is 46.8 Å². The third kappa shape index (κ3) is 7.63. The first-order valence-corrected chi connectivity index (χ1v) is 10.6. The molecule has 2 rings (SSSR count). The minimum absolute atomic E-state index is 0. The summed E-state index contributed by atoms with van der Waals surface area (Å²) in [6, 6.07) is 10.2. The van der Waals surface area contributed by atoms with Gasteiger partial charge >= 0.3 is 0 Å². The van der Waals surface area contributed by atoms with Crippen LogP contribution in [0.4, 0.5) is 11.4 Å². The van der Waals surface area contributed by atoms with Crippen LogP contribution in [0.3, 0.4) is 0 Å². The number of nitrogens with one attached hydrogen (secondary N) is 2. The van der Waals surface area contributed by atoms with Gasteiger partial charge in [0.15, 0.2) is 0 Å². The van der Waals surface area contributed by atoms with Crippen LogP contribution < -0.4 is 22.6 Å². The summed E-state index contributed by atoms with van der Waals surface area (Å²) in [6.45, 7) is 6.66. The van der Waals surface area contributed by atoms with Gasteiger partial charge in [-0.25, -0.2) is 0 Å². The summed E-state index contributed by atoms with van der Waals surface area (Å²) in [5.74, 6) is -0.832. The molecule has 2 amide bonds. The molecule has 11 heteroatoms. The summed E-state index contributed by atoms with van der Waals surface area (Å²) in [7, 11) is 0. The van der Waals surface area contributed by atoms with Crippen molar-refractivity contribution in [3.63, 3.8) is 0 Å². The standard InChI is InChI=1S/C21H24Cl2N4O4.ClH/c1-3-25(4-2)12-13-26(21(29)15-8-10-16(11-9-15)27(30)31)14-19(28)24-20-17(22)6-5-7-18(20)23;/h5-11H,3-4,12-14H2,1-2H3,(H,24,28);1H. The quantitative estimate of drug-likeness (QED) is 0.350. The number of carbonyl (C=O) groups excluding carboxylic acids is 2. The first-order valence-electron chi connectivity index (χ1n) is 9.87. The lowest BCUT2D eigenvalue weighted by Gasteiger charge is -2.25. The second-order valence-electron chi connectivity index (χ2n) is 6.88. The molecule has 2 aromatic rings. The number of non-ortho nitro benzene ring substituents is 1. The van der Waals surface area contributed by atoms with E-state index in [9.17, 15) is 19.7 Å². The number of nitro benzene ring substituents is 1. The molecule has 0 saturated heterocycles. The average molecular weight is 504 g/mol. The normalized spacial score (nSPS) is 10.4. The van der Waals surface area contributed by atoms with Gasteiger partial charge in [-0.05, 0) is 38.1 Å². The summed E-state index contributed by atoms with van der Waals surface area (Å²) in [5, 5.41) is 14.1. The van der Waals surface area contributed by atoms with Crippen LogP contribution >= 0.6 is 23.2 Å². The molecule has 0 aromatic heterocycles. The zero-order chi connectivity index (χ0) is 23.0. The maximum Gasteiger partial charge on any atom is 0.269 e. The van der Waals surface area contributed by atoms with E-state index in [1.54, 1.807) is 18.2 Å². The summed E-state index contributed by atoms with van der Waals surface area (Å²) in [6.07, 6.45) is 0. The number of nitro groups is 1. The summed E-state index contributed by atoms with van der Waals surface area (Å²) < 4.78 is 0. The number of carbonyl (C=O) groups is 2. The number of benzene rings is 2. The van der Waals surface area contributed by atoms with Gasteiger partial charge in [-0.15, -0.1) is 0 Å². The van der Waals surface area contributed by atoms with Crippen molar-refractivity contribution in [1.82, 2.24) is 4.90 Å². The fourth-order valence-electron chi connectivity index (χ4n) is 3.03. The lowest BCUT2D eigenvalue weighted by Crippen LogP contribution is -3.12. The van der Waals surface area contributed by atoms with Crippen LogP contribution in [0.1, 0.15) is 24.2 Å². The van der Waals surface area contributed by atoms with Gasteiger partial charge in [0.1, 0.15) is 6.54 Å². The van der Waals surface area contributed by atoms with E-state index in [1.165, 1.54) is 34.1 Å². The van der Waals surface area contributed by atoms with Gasteiger partial charge < -0.3 is 27.5 Å². The number of anilines is 1. The highest BCUT2D eigenvalue weighted by atomic mass is 35.5. The Kier molecular flexibility index (Phi) is 11.4. The lowest BCUT2D eigenvalue weighted by molar-refractivity contribution is -0.895. The van der Waals surface area contributed by atoms with Crippen molar-refractivity contribution < 1.29 is 31.8 Å². The van der Waals surface area contributed by atoms with Crippen LogP contribution in [-0.4, -0.2) is 54.4 Å². The number of hydrogen-bond donors (Lipinski definition) is 2. The Morgan fingerprint density at radius 2 is 1.62 bits per heavy atom. The molecule has 0 aliphatic carbocycles. The minimum Gasteiger partial charge on any atom is -1.00 e. The van der Waals surface area contributed by atoms with Crippen LogP contribution in [0.25, 0.3) is 0 Å². The Balaban J connectivity index is 0.00000512. The van der Waals surface area contributed by atoms with E-state index in [2.05, 4.69) is 5.32 Å². The van der Waals surface area contributed by atoms with Gasteiger partial charge in [0, 0.05) is 17.7 Å². The molecular weight excluding hydrogens is 479 g/mol. The second kappa shape index (κ2) is 13.2. The van der Waals surface area contributed by atoms with E-state index in [-0.39, 0.29) is 41.8 Å². The Hall–Kier alpha value is -2.39. The predicted molar refractivity (Wildman–Crippen MR) is 121 cm³/mol. The van der Waals surface area contributed by atoms with Gasteiger partial charge in [0.2, 0.25) is 5.91 Å². The number of para-hydroxylation sites is 1. The third-order valence-corrected chi connectivity index (χ3v) is 5.54. The molecule has 0 fully saturated rings. The summed E-state index contributed by atoms with van der Waals surface area (Å²) >= 11 is 12.2. The Labute approximate surface area is 203 Å². The van der Waals surface area contributed by atoms with Crippen molar-refractivity contribution in [1.29, 1.82) is 0 Å². The van der Waals surface area contributed by atoms with Gasteiger partial charge in [-0.3, -0.25) is 19.7 Å². The number of likely N-dealkylation sites (N-methyl/N-ethyl adjacent to an activating group) is 1. The monoisotopic (exact) mass is 502 g/mol. The lowest BCUT2D eigenvalue weighted by atomic mass is 10.1. The molecule has 2 aromatic carbocycles. The zero-order valence-corrected chi connectivity index (χ0v) is 20.0. The number of nitrogens with zero attached hydrogens (tertiary/aromatic N) is 2. The van der Waals surface area contributed by atoms with Crippen molar-refractivity contribution in [2.45, 2.75) is 13.8 Å². The number of rotatable bonds is 10. The summed E-state index contributed by atoms with van der Waals surface area (Å²) in [4.78, 5) is 38.8. The van der Waals surface area contributed by atoms with Crippen molar-refractivity contribution in [2.75, 3.05) is 38.0 Å². The third-order valence-electron chi connectivity index (χ3n) is 4.91. The van der Waals surface area contributed by atoms with Gasteiger partial charge in [-0.1, -0.05) is 29.3 Å². The van der Waals surface area contributed by atoms with Crippen LogP contribution in [0, 0.1) is 10.1 Å². The maximum atomic E-state index is 13.1. The van der Waals surface area contributed by atoms with Crippen LogP contribution in [0.5, 0.6) is 0 Å². The first kappa shape index (κ1) is 27.6. The highest BCUT2D eigenvalue weighted by molar-refractivity contribution is 6.39. The van der Waals surface area contributed by atoms with E-state index in [0.29, 0.717) is 23.1 Å². The molecule has 2 N–H and O–H groups in total. The molecule has 0 heterocycles. The smallest absolute Gasteiger partial charge is 0.269 e. The topological polar surface area (TPSA) is 97.0 Å². The van der Waals surface area contributed by atoms with E-state index < -0.39 is 10.8 Å². The molecular formula is C21H25Cl3N4O4. The van der Waals surface area contributed by atoms with Crippen molar-refractivity contribution >= 4 is 46.4 Å². The van der Waals surface area contributed by atoms with Crippen LogP contribution in [-0.2, 0) is 4.79 Å². The van der Waals surface area contributed by atoms with E-state index >= 15 is 0 Å². The van der Waals surface area contributed by atoms with E-state index in [0.717, 1.165) is 13.1 Å². The predicted octanol–water partition coefficient (Wildman–Crippen LogP) is -0.0888. The summed E-state index contributed by atoms with van der Waals surface area (Å²) in [5.41, 5.74) is 0.443. The molecule has 0 spiro atoms. The largest absolute Gasteiger partial charge is 1.00 e. The van der Waals surface area contributed by atoms with Crippen molar-refractivity contribution in [3.05, 3.63) is 68.2 Å². The van der Waals surface area contributed by atoms with Crippen LogP contribution in [0.2, 0.25) is 10.0 Å². The Morgan fingerprint density at radius 1 is 1.06 bits per heavy atom. The van der Waals surface area contributed by atoms with Crippen LogP contribution in [0.15, 0.2) is 42.5 Å². The zero-order valence-electron chi connectivity index (χ0n) is 17.7. The molecule has 8 nitrogen and oxygen atoms in total. The number of halogens is 3. The minimum atomic E-state index is -0.531. The molecule has 0 unspecified atom stereocenters. The SMILES string of the molecule is CC[NH+](CC)CCN(CC(=O)Nc1c(Cl)cccc1Cl)C(=O)c1ccc([N+](=O)[O-])cc1.[Cl-]. The van der Waals surface area contributed by atoms with Gasteiger partial charge in [-0.2, -0.15) is 0 Å². The fourth-order valence-corrected chi connectivity index (χ4v) is 3.52. The molecule has 0 saturated carbocycles. The molecule has 0 aliphatic rings. The molecule has 0 aliphatic heterocycles. The van der Waals surface area contributed by atoms with Crippen molar-refractivity contribution in [3.8, 4) is 0 Å². The second-order valence-corrected chi connectivity index (χ2v) is 7.70. The number of quaternary nitrogens is 1. The maximum absolute atomic E-state index is 13.1. The highest BCUT2D eigenvalue weighted by Crippen LogP contribution is 2.29. The number of hydrogen-bond acceptors (Lipinski definition) is 4. The molecule has 0 atom stereocenters. The highest BCUT2D eigenvalue weighted by Gasteiger charge is 2.22. The Morgan fingerprint density at radius 3 is 2.12 bits per heavy atom. The molecule has 0 bridgehead atoms. The van der Waals surface area contributed by atoms with Crippen molar-refractivity contribution in [2.24, 2.45) is 0 Å².